The van der Waals surface area contributed by atoms with E-state index in [1.54, 1.807) is 12.1 Å². The Bertz CT molecular complexity index is 552. The largest absolute Gasteiger partial charge is 0.355 e. The lowest BCUT2D eigenvalue weighted by atomic mass is 10.1. The standard InChI is InChI=1S/C13H22N4O2S/c1-16(2)20(18,19)11-6-7-13(15-9-11)17(3)12(8-14)10-4-5-10/h6-7,9-10,12H,4-5,8,14H2,1-3H3. The molecule has 0 amide bonds. The predicted octanol–water partition coefficient (Wildman–Crippen LogP) is 0.505. The lowest BCUT2D eigenvalue weighted by Crippen LogP contribution is -2.40. The summed E-state index contributed by atoms with van der Waals surface area (Å²) in [5.74, 6) is 1.39. The molecule has 1 saturated carbocycles. The first kappa shape index (κ1) is 15.2. The fraction of sp³-hybridized carbons (Fsp3) is 0.615. The Kier molecular flexibility index (Phi) is 4.31. The van der Waals surface area contributed by atoms with Crippen LogP contribution in [0.15, 0.2) is 23.2 Å². The molecule has 1 heterocycles. The molecule has 0 aromatic carbocycles. The van der Waals surface area contributed by atoms with Crippen molar-refractivity contribution in [1.29, 1.82) is 0 Å². The number of hydrogen-bond acceptors (Lipinski definition) is 5. The topological polar surface area (TPSA) is 79.5 Å². The average Bonchev–Trinajstić information content (AvgIpc) is 3.24. The molecule has 6 nitrogen and oxygen atoms in total. The summed E-state index contributed by atoms with van der Waals surface area (Å²) in [6.45, 7) is 0.584. The molecule has 7 heteroatoms. The maximum absolute atomic E-state index is 12.0. The van der Waals surface area contributed by atoms with Crippen LogP contribution in [0.4, 0.5) is 5.82 Å². The van der Waals surface area contributed by atoms with Crippen LogP contribution >= 0.6 is 0 Å². The molecule has 1 aliphatic rings. The fourth-order valence-corrected chi connectivity index (χ4v) is 3.11. The number of rotatable bonds is 6. The molecule has 2 N–H and O–H groups in total. The van der Waals surface area contributed by atoms with Gasteiger partial charge in [0.1, 0.15) is 10.7 Å². The van der Waals surface area contributed by atoms with Gasteiger partial charge in [0.25, 0.3) is 0 Å². The number of likely N-dealkylation sites (N-methyl/N-ethyl adjacent to an activating group) is 1. The maximum atomic E-state index is 12.0. The summed E-state index contributed by atoms with van der Waals surface area (Å²) in [4.78, 5) is 6.52. The highest BCUT2D eigenvalue weighted by Gasteiger charge is 2.33. The van der Waals surface area contributed by atoms with Crippen molar-refractivity contribution in [3.8, 4) is 0 Å². The Morgan fingerprint density at radius 3 is 2.40 bits per heavy atom. The van der Waals surface area contributed by atoms with E-state index in [1.165, 1.54) is 37.4 Å². The van der Waals surface area contributed by atoms with Gasteiger partial charge in [-0.15, -0.1) is 0 Å². The Labute approximate surface area is 120 Å². The Morgan fingerprint density at radius 1 is 1.35 bits per heavy atom. The highest BCUT2D eigenvalue weighted by atomic mass is 32.2. The number of nitrogens with zero attached hydrogens (tertiary/aromatic N) is 3. The van der Waals surface area contributed by atoms with Gasteiger partial charge in [0.15, 0.2) is 0 Å². The molecule has 1 aliphatic carbocycles. The van der Waals surface area contributed by atoms with Crippen LogP contribution in [0.2, 0.25) is 0 Å². The van der Waals surface area contributed by atoms with Crippen LogP contribution in [0, 0.1) is 5.92 Å². The average molecular weight is 298 g/mol. The monoisotopic (exact) mass is 298 g/mol. The molecule has 2 rings (SSSR count). The number of sulfonamides is 1. The summed E-state index contributed by atoms with van der Waals surface area (Å²) in [5, 5.41) is 0. The predicted molar refractivity (Wildman–Crippen MR) is 79.1 cm³/mol. The van der Waals surface area contributed by atoms with E-state index in [-0.39, 0.29) is 10.9 Å². The number of aromatic nitrogens is 1. The highest BCUT2D eigenvalue weighted by molar-refractivity contribution is 7.89. The second-order valence-corrected chi connectivity index (χ2v) is 7.54. The third kappa shape index (κ3) is 2.94. The van der Waals surface area contributed by atoms with Gasteiger partial charge in [-0.25, -0.2) is 17.7 Å². The Hall–Kier alpha value is -1.18. The number of anilines is 1. The SMILES string of the molecule is CN(c1ccc(S(=O)(=O)N(C)C)cn1)C(CN)C1CC1. The van der Waals surface area contributed by atoms with Crippen LogP contribution in [0.1, 0.15) is 12.8 Å². The molecule has 0 bridgehead atoms. The highest BCUT2D eigenvalue weighted by Crippen LogP contribution is 2.35. The van der Waals surface area contributed by atoms with Gasteiger partial charge >= 0.3 is 0 Å². The summed E-state index contributed by atoms with van der Waals surface area (Å²) < 4.78 is 25.1. The van der Waals surface area contributed by atoms with E-state index in [9.17, 15) is 8.42 Å². The van der Waals surface area contributed by atoms with E-state index in [1.807, 2.05) is 11.9 Å². The van der Waals surface area contributed by atoms with Crippen LogP contribution in [0.3, 0.4) is 0 Å². The van der Waals surface area contributed by atoms with Crippen molar-refractivity contribution >= 4 is 15.8 Å². The molecular weight excluding hydrogens is 276 g/mol. The van der Waals surface area contributed by atoms with E-state index < -0.39 is 10.0 Å². The number of hydrogen-bond donors (Lipinski definition) is 1. The van der Waals surface area contributed by atoms with E-state index in [2.05, 4.69) is 4.98 Å². The fourth-order valence-electron chi connectivity index (χ4n) is 2.26. The second-order valence-electron chi connectivity index (χ2n) is 5.39. The minimum absolute atomic E-state index is 0.204. The summed E-state index contributed by atoms with van der Waals surface area (Å²) in [6.07, 6.45) is 3.82. The smallest absolute Gasteiger partial charge is 0.244 e. The van der Waals surface area contributed by atoms with Crippen molar-refractivity contribution < 1.29 is 8.42 Å². The number of pyridine rings is 1. The van der Waals surface area contributed by atoms with Crippen LogP contribution in [-0.4, -0.2) is 51.4 Å². The second kappa shape index (κ2) is 5.67. The van der Waals surface area contributed by atoms with Gasteiger partial charge in [0.2, 0.25) is 10.0 Å². The van der Waals surface area contributed by atoms with Crippen LogP contribution in [-0.2, 0) is 10.0 Å². The third-order valence-electron chi connectivity index (χ3n) is 3.77. The molecular formula is C13H22N4O2S. The summed E-state index contributed by atoms with van der Waals surface area (Å²) in [6, 6.07) is 3.61. The van der Waals surface area contributed by atoms with Crippen LogP contribution < -0.4 is 10.6 Å². The molecule has 1 fully saturated rings. The molecule has 0 radical (unpaired) electrons. The normalized spacial score (nSPS) is 17.2. The van der Waals surface area contributed by atoms with Crippen LogP contribution in [0.25, 0.3) is 0 Å². The first-order valence-corrected chi connectivity index (χ1v) is 8.13. The third-order valence-corrected chi connectivity index (χ3v) is 5.56. The zero-order valence-corrected chi connectivity index (χ0v) is 13.0. The first-order chi connectivity index (χ1) is 9.37. The van der Waals surface area contributed by atoms with Gasteiger partial charge in [0.05, 0.1) is 0 Å². The van der Waals surface area contributed by atoms with Crippen molar-refractivity contribution in [3.05, 3.63) is 18.3 Å². The molecule has 112 valence electrons. The van der Waals surface area contributed by atoms with Gasteiger partial charge in [-0.3, -0.25) is 0 Å². The minimum Gasteiger partial charge on any atom is -0.355 e. The van der Waals surface area contributed by atoms with Crippen molar-refractivity contribution in [3.63, 3.8) is 0 Å². The van der Waals surface area contributed by atoms with Crippen LogP contribution in [0.5, 0.6) is 0 Å². The zero-order valence-electron chi connectivity index (χ0n) is 12.2. The van der Waals surface area contributed by atoms with Crippen molar-refractivity contribution in [2.75, 3.05) is 32.6 Å². The van der Waals surface area contributed by atoms with Crippen molar-refractivity contribution in [1.82, 2.24) is 9.29 Å². The maximum Gasteiger partial charge on any atom is 0.244 e. The molecule has 1 aromatic heterocycles. The van der Waals surface area contributed by atoms with Gasteiger partial charge in [-0.1, -0.05) is 0 Å². The summed E-state index contributed by atoms with van der Waals surface area (Å²) in [5.41, 5.74) is 5.82. The summed E-state index contributed by atoms with van der Waals surface area (Å²) in [7, 11) is 1.55. The molecule has 0 saturated heterocycles. The Morgan fingerprint density at radius 2 is 2.00 bits per heavy atom. The Balaban J connectivity index is 2.19. The summed E-state index contributed by atoms with van der Waals surface area (Å²) >= 11 is 0. The minimum atomic E-state index is -3.42. The van der Waals surface area contributed by atoms with E-state index in [0.717, 1.165) is 5.82 Å². The van der Waals surface area contributed by atoms with Gasteiger partial charge in [-0.2, -0.15) is 0 Å². The molecule has 1 atom stereocenters. The van der Waals surface area contributed by atoms with Gasteiger partial charge in [0, 0.05) is 39.9 Å². The van der Waals surface area contributed by atoms with E-state index in [4.69, 9.17) is 5.73 Å². The van der Waals surface area contributed by atoms with E-state index >= 15 is 0 Å². The molecule has 1 unspecified atom stereocenters. The van der Waals surface area contributed by atoms with E-state index in [0.29, 0.717) is 12.5 Å². The molecule has 0 aliphatic heterocycles. The van der Waals surface area contributed by atoms with Gasteiger partial charge < -0.3 is 10.6 Å². The van der Waals surface area contributed by atoms with Gasteiger partial charge in [-0.05, 0) is 30.9 Å². The quantitative estimate of drug-likeness (QED) is 0.827. The lowest BCUT2D eigenvalue weighted by molar-refractivity contribution is 0.520. The lowest BCUT2D eigenvalue weighted by Gasteiger charge is -2.28. The van der Waals surface area contributed by atoms with Crippen molar-refractivity contribution in [2.45, 2.75) is 23.8 Å². The van der Waals surface area contributed by atoms with Crippen molar-refractivity contribution in [2.24, 2.45) is 11.7 Å². The number of nitrogens with two attached hydrogens (primary N) is 1. The first-order valence-electron chi connectivity index (χ1n) is 6.69. The zero-order chi connectivity index (χ0) is 14.9. The molecule has 20 heavy (non-hydrogen) atoms. The molecule has 0 spiro atoms. The molecule has 1 aromatic rings.